The summed E-state index contributed by atoms with van der Waals surface area (Å²) in [5.74, 6) is 1.14. The molecule has 1 N–H and O–H groups in total. The maximum Gasteiger partial charge on any atom is 0.180 e. The van der Waals surface area contributed by atoms with Gasteiger partial charge in [0, 0.05) is 17.1 Å². The summed E-state index contributed by atoms with van der Waals surface area (Å²) in [6, 6.07) is 11.3. The number of nitrogens with one attached hydrogen (secondary N) is 1. The van der Waals surface area contributed by atoms with Crippen molar-refractivity contribution in [1.82, 2.24) is 5.32 Å². The Hall–Kier alpha value is -1.42. The summed E-state index contributed by atoms with van der Waals surface area (Å²) >= 11 is 12.4. The van der Waals surface area contributed by atoms with Crippen molar-refractivity contribution in [2.24, 2.45) is 0 Å². The highest BCUT2D eigenvalue weighted by molar-refractivity contribution is 6.32. The van der Waals surface area contributed by atoms with Crippen LogP contribution in [0.1, 0.15) is 11.1 Å². The van der Waals surface area contributed by atoms with Crippen LogP contribution < -0.4 is 14.8 Å². The SMILES string of the molecule is CNCc1cc(Cl)c(OCc2ccccc2Cl)c(OC)c1. The minimum atomic E-state index is 0.334. The van der Waals surface area contributed by atoms with Crippen LogP contribution in [-0.2, 0) is 13.2 Å². The van der Waals surface area contributed by atoms with E-state index >= 15 is 0 Å². The van der Waals surface area contributed by atoms with Crippen LogP contribution in [0.2, 0.25) is 10.0 Å². The summed E-state index contributed by atoms with van der Waals surface area (Å²) in [5.41, 5.74) is 1.93. The number of benzene rings is 2. The highest BCUT2D eigenvalue weighted by atomic mass is 35.5. The lowest BCUT2D eigenvalue weighted by Crippen LogP contribution is -2.06. The molecule has 0 unspecified atom stereocenters. The van der Waals surface area contributed by atoms with Gasteiger partial charge in [0.1, 0.15) is 6.61 Å². The lowest BCUT2D eigenvalue weighted by Gasteiger charge is -2.14. The highest BCUT2D eigenvalue weighted by Crippen LogP contribution is 2.37. The van der Waals surface area contributed by atoms with E-state index in [1.807, 2.05) is 43.4 Å². The molecule has 21 heavy (non-hydrogen) atoms. The maximum atomic E-state index is 6.29. The van der Waals surface area contributed by atoms with Crippen LogP contribution in [0.3, 0.4) is 0 Å². The van der Waals surface area contributed by atoms with Crippen molar-refractivity contribution >= 4 is 23.2 Å². The summed E-state index contributed by atoms with van der Waals surface area (Å²) in [6.07, 6.45) is 0. The van der Waals surface area contributed by atoms with Crippen LogP contribution in [-0.4, -0.2) is 14.2 Å². The normalized spacial score (nSPS) is 10.5. The number of hydrogen-bond acceptors (Lipinski definition) is 3. The van der Waals surface area contributed by atoms with Gasteiger partial charge in [-0.2, -0.15) is 0 Å². The Morgan fingerprint density at radius 3 is 2.52 bits per heavy atom. The molecule has 112 valence electrons. The molecule has 2 aromatic carbocycles. The molecule has 0 aromatic heterocycles. The quantitative estimate of drug-likeness (QED) is 0.858. The first-order valence-corrected chi connectivity index (χ1v) is 7.28. The highest BCUT2D eigenvalue weighted by Gasteiger charge is 2.12. The number of halogens is 2. The zero-order valence-electron chi connectivity index (χ0n) is 12.0. The Balaban J connectivity index is 2.21. The predicted molar refractivity (Wildman–Crippen MR) is 86.6 cm³/mol. The molecule has 0 aliphatic heterocycles. The summed E-state index contributed by atoms with van der Waals surface area (Å²) in [6.45, 7) is 1.04. The van der Waals surface area contributed by atoms with Gasteiger partial charge in [0.15, 0.2) is 11.5 Å². The zero-order chi connectivity index (χ0) is 15.2. The summed E-state index contributed by atoms with van der Waals surface area (Å²) in [4.78, 5) is 0. The van der Waals surface area contributed by atoms with Crippen LogP contribution in [0.25, 0.3) is 0 Å². The molecular formula is C16H17Cl2NO2. The van der Waals surface area contributed by atoms with Gasteiger partial charge >= 0.3 is 0 Å². The molecule has 5 heteroatoms. The van der Waals surface area contributed by atoms with Gasteiger partial charge in [-0.15, -0.1) is 0 Å². The third-order valence-electron chi connectivity index (χ3n) is 3.00. The molecule has 0 aliphatic rings. The fraction of sp³-hybridized carbons (Fsp3) is 0.250. The molecule has 0 bridgehead atoms. The first-order valence-electron chi connectivity index (χ1n) is 6.53. The first-order chi connectivity index (χ1) is 10.2. The Morgan fingerprint density at radius 1 is 1.10 bits per heavy atom. The Bertz CT molecular complexity index is 617. The van der Waals surface area contributed by atoms with E-state index in [0.717, 1.165) is 11.1 Å². The average molecular weight is 326 g/mol. The first kappa shape index (κ1) is 16.0. The molecule has 0 spiro atoms. The molecule has 0 radical (unpaired) electrons. The molecule has 0 saturated carbocycles. The van der Waals surface area contributed by atoms with Crippen molar-refractivity contribution in [3.63, 3.8) is 0 Å². The van der Waals surface area contributed by atoms with Gasteiger partial charge in [0.05, 0.1) is 12.1 Å². The number of hydrogen-bond donors (Lipinski definition) is 1. The third-order valence-corrected chi connectivity index (χ3v) is 3.65. The smallest absolute Gasteiger partial charge is 0.180 e. The van der Waals surface area contributed by atoms with Gasteiger partial charge in [0.25, 0.3) is 0 Å². The Kier molecular flexibility index (Phi) is 5.74. The molecule has 2 rings (SSSR count). The second-order valence-corrected chi connectivity index (χ2v) is 5.33. The largest absolute Gasteiger partial charge is 0.493 e. The van der Waals surface area contributed by atoms with Crippen LogP contribution in [0.5, 0.6) is 11.5 Å². The molecule has 0 atom stereocenters. The lowest BCUT2D eigenvalue weighted by atomic mass is 10.2. The molecular weight excluding hydrogens is 309 g/mol. The van der Waals surface area contributed by atoms with Gasteiger partial charge in [-0.25, -0.2) is 0 Å². The fourth-order valence-corrected chi connectivity index (χ4v) is 2.46. The number of ether oxygens (including phenoxy) is 2. The van der Waals surface area contributed by atoms with Gasteiger partial charge in [-0.3, -0.25) is 0 Å². The minimum Gasteiger partial charge on any atom is -0.493 e. The second-order valence-electron chi connectivity index (χ2n) is 4.52. The molecule has 0 heterocycles. The van der Waals surface area contributed by atoms with E-state index in [2.05, 4.69) is 5.32 Å². The third kappa shape index (κ3) is 4.03. The van der Waals surface area contributed by atoms with Crippen molar-refractivity contribution in [2.75, 3.05) is 14.2 Å². The lowest BCUT2D eigenvalue weighted by molar-refractivity contribution is 0.284. The number of methoxy groups -OCH3 is 1. The van der Waals surface area contributed by atoms with Gasteiger partial charge in [-0.05, 0) is 30.8 Å². The Morgan fingerprint density at radius 2 is 1.86 bits per heavy atom. The van der Waals surface area contributed by atoms with Crippen molar-refractivity contribution < 1.29 is 9.47 Å². The molecule has 2 aromatic rings. The predicted octanol–water partition coefficient (Wildman–Crippen LogP) is 4.30. The molecule has 0 fully saturated rings. The molecule has 0 saturated heterocycles. The standard InChI is InChI=1S/C16H17Cl2NO2/c1-19-9-11-7-14(18)16(15(8-11)20-2)21-10-12-5-3-4-6-13(12)17/h3-8,19H,9-10H2,1-2H3. The maximum absolute atomic E-state index is 6.29. The van der Waals surface area contributed by atoms with Crippen LogP contribution in [0.4, 0.5) is 0 Å². The van der Waals surface area contributed by atoms with E-state index in [1.165, 1.54) is 0 Å². The van der Waals surface area contributed by atoms with E-state index in [4.69, 9.17) is 32.7 Å². The van der Waals surface area contributed by atoms with E-state index in [-0.39, 0.29) is 0 Å². The topological polar surface area (TPSA) is 30.5 Å². The molecule has 3 nitrogen and oxygen atoms in total. The monoisotopic (exact) mass is 325 g/mol. The van der Waals surface area contributed by atoms with Crippen LogP contribution in [0.15, 0.2) is 36.4 Å². The minimum absolute atomic E-state index is 0.334. The molecule has 0 amide bonds. The second kappa shape index (κ2) is 7.55. The molecule has 0 aliphatic carbocycles. The van der Waals surface area contributed by atoms with Crippen molar-refractivity contribution in [2.45, 2.75) is 13.2 Å². The average Bonchev–Trinajstić information content (AvgIpc) is 2.47. The summed E-state index contributed by atoms with van der Waals surface area (Å²) in [7, 11) is 3.47. The van der Waals surface area contributed by atoms with Crippen molar-refractivity contribution in [3.05, 3.63) is 57.6 Å². The van der Waals surface area contributed by atoms with Crippen LogP contribution >= 0.6 is 23.2 Å². The summed E-state index contributed by atoms with van der Waals surface area (Å²) in [5, 5.41) is 4.26. The van der Waals surface area contributed by atoms with E-state index < -0.39 is 0 Å². The number of rotatable bonds is 6. The van der Waals surface area contributed by atoms with E-state index in [1.54, 1.807) is 7.11 Å². The van der Waals surface area contributed by atoms with Crippen LogP contribution in [0, 0.1) is 0 Å². The summed E-state index contributed by atoms with van der Waals surface area (Å²) < 4.78 is 11.2. The van der Waals surface area contributed by atoms with E-state index in [9.17, 15) is 0 Å². The van der Waals surface area contributed by atoms with Gasteiger partial charge in [0.2, 0.25) is 0 Å². The van der Waals surface area contributed by atoms with Gasteiger partial charge in [-0.1, -0.05) is 41.4 Å². The van der Waals surface area contributed by atoms with Crippen molar-refractivity contribution in [1.29, 1.82) is 0 Å². The van der Waals surface area contributed by atoms with Gasteiger partial charge < -0.3 is 14.8 Å². The van der Waals surface area contributed by atoms with Crippen molar-refractivity contribution in [3.8, 4) is 11.5 Å². The van der Waals surface area contributed by atoms with E-state index in [0.29, 0.717) is 34.7 Å². The fourth-order valence-electron chi connectivity index (χ4n) is 1.98. The zero-order valence-corrected chi connectivity index (χ0v) is 13.5. The Labute approximate surface area is 134 Å².